The third-order valence-corrected chi connectivity index (χ3v) is 3.57. The summed E-state index contributed by atoms with van der Waals surface area (Å²) in [5, 5.41) is 3.38. The fraction of sp³-hybridized carbons (Fsp3) is 0.786. The number of nitrogens with one attached hydrogen (secondary N) is 2. The van der Waals surface area contributed by atoms with Crippen LogP contribution in [0.25, 0.3) is 0 Å². The number of imidazole rings is 1. The molecule has 1 aromatic rings. The van der Waals surface area contributed by atoms with E-state index in [9.17, 15) is 0 Å². The molecule has 104 valence electrons. The monoisotopic (exact) mass is 253 g/mol. The molecule has 1 aromatic heterocycles. The quantitative estimate of drug-likeness (QED) is 0.748. The second-order valence-corrected chi connectivity index (χ2v) is 4.60. The molecule has 0 saturated heterocycles. The molecule has 18 heavy (non-hydrogen) atoms. The molecule has 0 aromatic carbocycles. The zero-order chi connectivity index (χ0) is 13.6. The number of hydrogen-bond donors (Lipinski definition) is 2. The van der Waals surface area contributed by atoms with Crippen molar-refractivity contribution in [2.75, 3.05) is 13.2 Å². The lowest BCUT2D eigenvalue weighted by Gasteiger charge is -2.29. The van der Waals surface area contributed by atoms with Crippen molar-refractivity contribution >= 4 is 0 Å². The molecule has 0 aliphatic heterocycles. The van der Waals surface area contributed by atoms with Crippen molar-refractivity contribution in [2.45, 2.75) is 59.1 Å². The summed E-state index contributed by atoms with van der Waals surface area (Å²) >= 11 is 0. The SMILES string of the molecule is CCNC(C)c1cnc(C(CC)(CC)OCC)[nH]1. The van der Waals surface area contributed by atoms with Crippen molar-refractivity contribution in [3.63, 3.8) is 0 Å². The van der Waals surface area contributed by atoms with Crippen LogP contribution in [0.1, 0.15) is 65.0 Å². The highest BCUT2D eigenvalue weighted by atomic mass is 16.5. The normalized spacial score (nSPS) is 13.8. The van der Waals surface area contributed by atoms with Gasteiger partial charge in [0.25, 0.3) is 0 Å². The zero-order valence-electron chi connectivity index (χ0n) is 12.3. The summed E-state index contributed by atoms with van der Waals surface area (Å²) in [5.41, 5.74) is 0.858. The summed E-state index contributed by atoms with van der Waals surface area (Å²) in [6, 6.07) is 0.296. The van der Waals surface area contributed by atoms with Crippen LogP contribution in [0, 0.1) is 0 Å². The fourth-order valence-electron chi connectivity index (χ4n) is 2.34. The molecule has 0 amide bonds. The second kappa shape index (κ2) is 6.90. The van der Waals surface area contributed by atoms with Gasteiger partial charge in [0.1, 0.15) is 11.4 Å². The molecule has 4 heteroatoms. The van der Waals surface area contributed by atoms with Gasteiger partial charge in [-0.1, -0.05) is 20.8 Å². The summed E-state index contributed by atoms with van der Waals surface area (Å²) in [7, 11) is 0. The largest absolute Gasteiger partial charge is 0.367 e. The molecular weight excluding hydrogens is 226 g/mol. The maximum absolute atomic E-state index is 5.95. The van der Waals surface area contributed by atoms with E-state index in [4.69, 9.17) is 4.74 Å². The van der Waals surface area contributed by atoms with Crippen LogP contribution >= 0.6 is 0 Å². The molecule has 1 unspecified atom stereocenters. The van der Waals surface area contributed by atoms with Crippen molar-refractivity contribution in [2.24, 2.45) is 0 Å². The zero-order valence-corrected chi connectivity index (χ0v) is 12.3. The van der Waals surface area contributed by atoms with E-state index in [-0.39, 0.29) is 5.60 Å². The van der Waals surface area contributed by atoms with Gasteiger partial charge in [0.2, 0.25) is 0 Å². The van der Waals surface area contributed by atoms with Crippen molar-refractivity contribution in [1.82, 2.24) is 15.3 Å². The lowest BCUT2D eigenvalue weighted by Crippen LogP contribution is -2.30. The average Bonchev–Trinajstić information content (AvgIpc) is 2.86. The molecule has 0 radical (unpaired) electrons. The van der Waals surface area contributed by atoms with Crippen LogP contribution in [-0.2, 0) is 10.3 Å². The van der Waals surface area contributed by atoms with Crippen LogP contribution in [0.5, 0.6) is 0 Å². The molecular formula is C14H27N3O. The standard InChI is InChI=1S/C14H27N3O/c1-6-14(7-2,18-9-4)13-16-10-12(17-13)11(5)15-8-3/h10-11,15H,6-9H2,1-5H3,(H,16,17). The highest BCUT2D eigenvalue weighted by molar-refractivity contribution is 5.11. The lowest BCUT2D eigenvalue weighted by molar-refractivity contribution is -0.0566. The van der Waals surface area contributed by atoms with Crippen LogP contribution in [0.15, 0.2) is 6.20 Å². The molecule has 4 nitrogen and oxygen atoms in total. The molecule has 0 aliphatic rings. The minimum atomic E-state index is -0.265. The smallest absolute Gasteiger partial charge is 0.138 e. The predicted octanol–water partition coefficient (Wildman–Crippen LogP) is 3.13. The van der Waals surface area contributed by atoms with E-state index in [1.165, 1.54) is 0 Å². The molecule has 0 aliphatic carbocycles. The van der Waals surface area contributed by atoms with Crippen molar-refractivity contribution in [1.29, 1.82) is 0 Å². The molecule has 0 spiro atoms. The Morgan fingerprint density at radius 3 is 2.50 bits per heavy atom. The van der Waals surface area contributed by atoms with Crippen LogP contribution in [-0.4, -0.2) is 23.1 Å². The number of nitrogens with zero attached hydrogens (tertiary/aromatic N) is 1. The van der Waals surface area contributed by atoms with Gasteiger partial charge in [-0.3, -0.25) is 0 Å². The Hall–Kier alpha value is -0.870. The predicted molar refractivity (Wildman–Crippen MR) is 74.6 cm³/mol. The summed E-state index contributed by atoms with van der Waals surface area (Å²) in [5.74, 6) is 0.953. The average molecular weight is 253 g/mol. The van der Waals surface area contributed by atoms with E-state index in [0.717, 1.165) is 30.9 Å². The number of aromatic amines is 1. The van der Waals surface area contributed by atoms with E-state index < -0.39 is 0 Å². The Labute approximate surface area is 111 Å². The van der Waals surface area contributed by atoms with Crippen molar-refractivity contribution < 1.29 is 4.74 Å². The van der Waals surface area contributed by atoms with Crippen molar-refractivity contribution in [3.05, 3.63) is 17.7 Å². The van der Waals surface area contributed by atoms with Crippen LogP contribution in [0.3, 0.4) is 0 Å². The maximum atomic E-state index is 5.95. The van der Waals surface area contributed by atoms with Gasteiger partial charge in [-0.25, -0.2) is 4.98 Å². The lowest BCUT2D eigenvalue weighted by atomic mass is 9.96. The first-order valence-corrected chi connectivity index (χ1v) is 7.06. The Balaban J connectivity index is 2.93. The Kier molecular flexibility index (Phi) is 5.82. The number of hydrogen-bond acceptors (Lipinski definition) is 3. The molecule has 2 N–H and O–H groups in total. The molecule has 0 bridgehead atoms. The first-order chi connectivity index (χ1) is 8.63. The number of ether oxygens (including phenoxy) is 1. The Morgan fingerprint density at radius 1 is 1.33 bits per heavy atom. The summed E-state index contributed by atoms with van der Waals surface area (Å²) in [6.07, 6.45) is 3.78. The van der Waals surface area contributed by atoms with E-state index in [1.54, 1.807) is 0 Å². The van der Waals surface area contributed by atoms with E-state index in [0.29, 0.717) is 12.6 Å². The van der Waals surface area contributed by atoms with E-state index in [1.807, 2.05) is 13.1 Å². The maximum Gasteiger partial charge on any atom is 0.138 e. The topological polar surface area (TPSA) is 49.9 Å². The highest BCUT2D eigenvalue weighted by Crippen LogP contribution is 2.31. The van der Waals surface area contributed by atoms with Crippen LogP contribution < -0.4 is 5.32 Å². The number of rotatable bonds is 8. The highest BCUT2D eigenvalue weighted by Gasteiger charge is 2.32. The van der Waals surface area contributed by atoms with E-state index in [2.05, 4.69) is 43.0 Å². The summed E-state index contributed by atoms with van der Waals surface area (Å²) < 4.78 is 5.95. The van der Waals surface area contributed by atoms with Gasteiger partial charge in [0, 0.05) is 18.8 Å². The minimum absolute atomic E-state index is 0.265. The van der Waals surface area contributed by atoms with Gasteiger partial charge in [-0.2, -0.15) is 0 Å². The van der Waals surface area contributed by atoms with Crippen LogP contribution in [0.4, 0.5) is 0 Å². The van der Waals surface area contributed by atoms with Gasteiger partial charge in [-0.15, -0.1) is 0 Å². The molecule has 1 heterocycles. The molecule has 0 fully saturated rings. The first kappa shape index (κ1) is 15.2. The molecule has 1 rings (SSSR count). The number of aromatic nitrogens is 2. The Morgan fingerprint density at radius 2 is 2.00 bits per heavy atom. The second-order valence-electron chi connectivity index (χ2n) is 4.60. The van der Waals surface area contributed by atoms with E-state index >= 15 is 0 Å². The van der Waals surface area contributed by atoms with Gasteiger partial charge in [0.15, 0.2) is 0 Å². The third-order valence-electron chi connectivity index (χ3n) is 3.57. The first-order valence-electron chi connectivity index (χ1n) is 7.06. The number of H-pyrrole nitrogens is 1. The summed E-state index contributed by atoms with van der Waals surface area (Å²) in [6.45, 7) is 12.2. The molecule has 0 saturated carbocycles. The summed E-state index contributed by atoms with van der Waals surface area (Å²) in [4.78, 5) is 7.96. The minimum Gasteiger partial charge on any atom is -0.367 e. The van der Waals surface area contributed by atoms with Crippen LogP contribution in [0.2, 0.25) is 0 Å². The third kappa shape index (κ3) is 3.12. The van der Waals surface area contributed by atoms with Crippen molar-refractivity contribution in [3.8, 4) is 0 Å². The molecule has 1 atom stereocenters. The van der Waals surface area contributed by atoms with Gasteiger partial charge in [-0.05, 0) is 33.2 Å². The van der Waals surface area contributed by atoms with Gasteiger partial charge < -0.3 is 15.0 Å². The Bertz CT molecular complexity index is 345. The fourth-order valence-corrected chi connectivity index (χ4v) is 2.34. The van der Waals surface area contributed by atoms with Gasteiger partial charge in [0.05, 0.1) is 5.69 Å². The van der Waals surface area contributed by atoms with Gasteiger partial charge >= 0.3 is 0 Å².